The van der Waals surface area contributed by atoms with E-state index in [0.29, 0.717) is 23.4 Å². The molecule has 0 spiro atoms. The van der Waals surface area contributed by atoms with Crippen LogP contribution in [0.15, 0.2) is 33.8 Å². The van der Waals surface area contributed by atoms with Crippen molar-refractivity contribution in [3.63, 3.8) is 0 Å². The minimum atomic E-state index is -0.453. The van der Waals surface area contributed by atoms with Gasteiger partial charge in [-0.2, -0.15) is 0 Å². The van der Waals surface area contributed by atoms with Crippen LogP contribution in [0.3, 0.4) is 0 Å². The Hall–Kier alpha value is -2.82. The molecule has 0 amide bonds. The zero-order chi connectivity index (χ0) is 17.4. The van der Waals surface area contributed by atoms with Gasteiger partial charge in [0, 0.05) is 17.7 Å². The van der Waals surface area contributed by atoms with Gasteiger partial charge in [-0.05, 0) is 42.3 Å². The van der Waals surface area contributed by atoms with Gasteiger partial charge >= 0.3 is 0 Å². The van der Waals surface area contributed by atoms with Crippen molar-refractivity contribution in [2.24, 2.45) is 0 Å². The molecule has 2 aromatic heterocycles. The topological polar surface area (TPSA) is 126 Å². The van der Waals surface area contributed by atoms with Crippen molar-refractivity contribution >= 4 is 17.4 Å². The second kappa shape index (κ2) is 6.24. The third-order valence-corrected chi connectivity index (χ3v) is 4.79. The number of nitro groups is 1. The fourth-order valence-corrected chi connectivity index (χ4v) is 3.15. The van der Waals surface area contributed by atoms with Gasteiger partial charge in [-0.15, -0.1) is 15.3 Å². The van der Waals surface area contributed by atoms with E-state index in [-0.39, 0.29) is 10.9 Å². The molecular formula is C14H13N7O3S. The molecule has 0 radical (unpaired) electrons. The van der Waals surface area contributed by atoms with Crippen LogP contribution in [0, 0.1) is 10.1 Å². The highest BCUT2D eigenvalue weighted by molar-refractivity contribution is 7.99. The van der Waals surface area contributed by atoms with E-state index in [1.165, 1.54) is 23.9 Å². The van der Waals surface area contributed by atoms with E-state index in [1.807, 2.05) is 11.6 Å². The molecule has 3 aromatic rings. The second-order valence-corrected chi connectivity index (χ2v) is 6.95. The Morgan fingerprint density at radius 3 is 2.72 bits per heavy atom. The summed E-state index contributed by atoms with van der Waals surface area (Å²) in [7, 11) is 0. The van der Waals surface area contributed by atoms with Crippen LogP contribution in [-0.4, -0.2) is 35.3 Å². The lowest BCUT2D eigenvalue weighted by Gasteiger charge is -2.06. The Morgan fingerprint density at radius 2 is 2.04 bits per heavy atom. The zero-order valence-electron chi connectivity index (χ0n) is 13.1. The van der Waals surface area contributed by atoms with Crippen molar-refractivity contribution in [3.8, 4) is 11.5 Å². The minimum Gasteiger partial charge on any atom is -0.419 e. The summed E-state index contributed by atoms with van der Waals surface area (Å²) in [6, 6.07) is 6.37. The van der Waals surface area contributed by atoms with Crippen LogP contribution in [0.1, 0.15) is 36.9 Å². The molecule has 1 aliphatic rings. The highest BCUT2D eigenvalue weighted by Gasteiger charge is 2.29. The van der Waals surface area contributed by atoms with E-state index in [1.54, 1.807) is 12.1 Å². The van der Waals surface area contributed by atoms with Gasteiger partial charge in [0.25, 0.3) is 5.69 Å². The lowest BCUT2D eigenvalue weighted by molar-refractivity contribution is -0.384. The number of tetrazole rings is 1. The molecule has 1 fully saturated rings. The summed E-state index contributed by atoms with van der Waals surface area (Å²) in [5.41, 5.74) is 0.642. The van der Waals surface area contributed by atoms with Crippen molar-refractivity contribution in [1.29, 1.82) is 0 Å². The zero-order valence-corrected chi connectivity index (χ0v) is 14.0. The average molecular weight is 359 g/mol. The van der Waals surface area contributed by atoms with Crippen LogP contribution < -0.4 is 0 Å². The van der Waals surface area contributed by atoms with E-state index in [2.05, 4.69) is 25.7 Å². The second-order valence-electron chi connectivity index (χ2n) is 5.65. The molecule has 1 aliphatic carbocycles. The normalized spacial score (nSPS) is 15.2. The van der Waals surface area contributed by atoms with Crippen LogP contribution in [-0.2, 0) is 0 Å². The summed E-state index contributed by atoms with van der Waals surface area (Å²) in [4.78, 5) is 10.3. The molecule has 1 unspecified atom stereocenters. The van der Waals surface area contributed by atoms with Gasteiger partial charge in [-0.25, -0.2) is 4.68 Å². The average Bonchev–Trinajstić information content (AvgIpc) is 3.15. The fourth-order valence-electron chi connectivity index (χ4n) is 2.26. The van der Waals surface area contributed by atoms with Crippen molar-refractivity contribution in [2.45, 2.75) is 36.2 Å². The Labute approximate surface area is 145 Å². The Balaban J connectivity index is 1.50. The fraction of sp³-hybridized carbons (Fsp3) is 0.357. The van der Waals surface area contributed by atoms with E-state index < -0.39 is 4.92 Å². The highest BCUT2D eigenvalue weighted by Crippen LogP contribution is 2.40. The van der Waals surface area contributed by atoms with E-state index >= 15 is 0 Å². The molecule has 1 atom stereocenters. The number of nitro benzene ring substituents is 1. The minimum absolute atomic E-state index is 0.0133. The maximum atomic E-state index is 10.7. The maximum absolute atomic E-state index is 10.7. The third kappa shape index (κ3) is 3.22. The first-order valence-corrected chi connectivity index (χ1v) is 8.52. The number of hydrogen-bond acceptors (Lipinski definition) is 9. The molecule has 1 saturated carbocycles. The quantitative estimate of drug-likeness (QED) is 0.371. The van der Waals surface area contributed by atoms with Crippen LogP contribution in [0.2, 0.25) is 0 Å². The predicted molar refractivity (Wildman–Crippen MR) is 86.7 cm³/mol. The molecule has 0 N–H and O–H groups in total. The molecule has 0 saturated heterocycles. The van der Waals surface area contributed by atoms with E-state index in [0.717, 1.165) is 18.0 Å². The Morgan fingerprint density at radius 1 is 1.28 bits per heavy atom. The van der Waals surface area contributed by atoms with Crippen LogP contribution in [0.4, 0.5) is 5.69 Å². The summed E-state index contributed by atoms with van der Waals surface area (Å²) < 4.78 is 7.53. The molecule has 10 nitrogen and oxygen atoms in total. The number of rotatable bonds is 6. The number of benzene rings is 1. The van der Waals surface area contributed by atoms with E-state index in [4.69, 9.17) is 4.42 Å². The number of nitrogens with zero attached hydrogens (tertiary/aromatic N) is 7. The highest BCUT2D eigenvalue weighted by atomic mass is 32.2. The van der Waals surface area contributed by atoms with Gasteiger partial charge < -0.3 is 4.42 Å². The van der Waals surface area contributed by atoms with Gasteiger partial charge in [0.15, 0.2) is 0 Å². The maximum Gasteiger partial charge on any atom is 0.269 e. The third-order valence-electron chi connectivity index (χ3n) is 3.75. The first kappa shape index (κ1) is 15.7. The number of thioether (sulfide) groups is 1. The van der Waals surface area contributed by atoms with Gasteiger partial charge in [0.2, 0.25) is 16.9 Å². The Kier molecular flexibility index (Phi) is 3.92. The van der Waals surface area contributed by atoms with Crippen molar-refractivity contribution in [1.82, 2.24) is 30.4 Å². The van der Waals surface area contributed by atoms with E-state index in [9.17, 15) is 10.1 Å². The van der Waals surface area contributed by atoms with Crippen molar-refractivity contribution in [3.05, 3.63) is 40.3 Å². The van der Waals surface area contributed by atoms with Crippen LogP contribution in [0.5, 0.6) is 0 Å². The summed E-state index contributed by atoms with van der Waals surface area (Å²) >= 11 is 1.45. The monoisotopic (exact) mass is 359 g/mol. The molecular weight excluding hydrogens is 346 g/mol. The molecule has 11 heteroatoms. The van der Waals surface area contributed by atoms with Gasteiger partial charge in [0.1, 0.15) is 0 Å². The molecule has 0 bridgehead atoms. The lowest BCUT2D eigenvalue weighted by Crippen LogP contribution is -2.00. The van der Waals surface area contributed by atoms with Crippen LogP contribution in [0.25, 0.3) is 11.5 Å². The molecule has 2 heterocycles. The SMILES string of the molecule is CC(Sc1nnnn1C1CC1)c1nnc(-c2ccc([N+](=O)[O-])cc2)o1. The first-order valence-electron chi connectivity index (χ1n) is 7.64. The smallest absolute Gasteiger partial charge is 0.269 e. The number of aromatic nitrogens is 6. The predicted octanol–water partition coefficient (Wildman–Crippen LogP) is 2.82. The summed E-state index contributed by atoms with van der Waals surface area (Å²) in [6.45, 7) is 1.93. The van der Waals surface area contributed by atoms with Crippen molar-refractivity contribution in [2.75, 3.05) is 0 Å². The summed E-state index contributed by atoms with van der Waals surface area (Å²) in [6.07, 6.45) is 2.19. The number of hydrogen-bond donors (Lipinski definition) is 0. The van der Waals surface area contributed by atoms with Gasteiger partial charge in [0.05, 0.1) is 16.2 Å². The summed E-state index contributed by atoms with van der Waals surface area (Å²) in [5.74, 6) is 0.767. The largest absolute Gasteiger partial charge is 0.419 e. The molecule has 128 valence electrons. The molecule has 25 heavy (non-hydrogen) atoms. The molecule has 1 aromatic carbocycles. The number of non-ortho nitro benzene ring substituents is 1. The summed E-state index contributed by atoms with van der Waals surface area (Å²) in [5, 5.41) is 31.2. The van der Waals surface area contributed by atoms with Crippen LogP contribution >= 0.6 is 11.8 Å². The van der Waals surface area contributed by atoms with Gasteiger partial charge in [-0.3, -0.25) is 10.1 Å². The lowest BCUT2D eigenvalue weighted by atomic mass is 10.2. The standard InChI is InChI=1S/C14H13N7O3S/c1-8(25-14-17-18-19-20(14)10-6-7-10)12-15-16-13(24-12)9-2-4-11(5-3-9)21(22)23/h2-5,8,10H,6-7H2,1H3. The first-order chi connectivity index (χ1) is 12.1. The molecule has 4 rings (SSSR count). The molecule has 0 aliphatic heterocycles. The Bertz CT molecular complexity index is 903. The van der Waals surface area contributed by atoms with Gasteiger partial charge in [-0.1, -0.05) is 11.8 Å². The van der Waals surface area contributed by atoms with Crippen molar-refractivity contribution < 1.29 is 9.34 Å².